The van der Waals surface area contributed by atoms with Gasteiger partial charge >= 0.3 is 0 Å². The molecule has 1 heterocycles. The highest BCUT2D eigenvalue weighted by Crippen LogP contribution is 2.29. The first-order chi connectivity index (χ1) is 6.35. The van der Waals surface area contributed by atoms with Gasteiger partial charge in [0.1, 0.15) is 0 Å². The van der Waals surface area contributed by atoms with Crippen LogP contribution in [0.4, 0.5) is 5.69 Å². The van der Waals surface area contributed by atoms with Crippen molar-refractivity contribution in [2.45, 2.75) is 25.8 Å². The molecule has 13 heavy (non-hydrogen) atoms. The Morgan fingerprint density at radius 3 is 3.08 bits per heavy atom. The number of aliphatic hydroxyl groups is 1. The SMILES string of the molecule is CCc1cccc2c1N[C@H](CO)C2. The maximum Gasteiger partial charge on any atom is 0.0636 e. The summed E-state index contributed by atoms with van der Waals surface area (Å²) in [6.07, 6.45) is 2.01. The van der Waals surface area contributed by atoms with E-state index in [9.17, 15) is 0 Å². The van der Waals surface area contributed by atoms with E-state index in [4.69, 9.17) is 5.11 Å². The van der Waals surface area contributed by atoms with Crippen molar-refractivity contribution in [2.75, 3.05) is 11.9 Å². The summed E-state index contributed by atoms with van der Waals surface area (Å²) < 4.78 is 0. The highest BCUT2D eigenvalue weighted by atomic mass is 16.3. The first-order valence-corrected chi connectivity index (χ1v) is 4.83. The molecule has 1 aromatic rings. The van der Waals surface area contributed by atoms with Gasteiger partial charge < -0.3 is 10.4 Å². The van der Waals surface area contributed by atoms with E-state index < -0.39 is 0 Å². The second kappa shape index (κ2) is 3.38. The third-order valence-electron chi connectivity index (χ3n) is 2.65. The van der Waals surface area contributed by atoms with Gasteiger partial charge in [0.25, 0.3) is 0 Å². The fraction of sp³-hybridized carbons (Fsp3) is 0.455. The van der Waals surface area contributed by atoms with Gasteiger partial charge in [-0.1, -0.05) is 25.1 Å². The smallest absolute Gasteiger partial charge is 0.0636 e. The van der Waals surface area contributed by atoms with Crippen molar-refractivity contribution in [1.82, 2.24) is 0 Å². The fourth-order valence-corrected chi connectivity index (χ4v) is 1.93. The zero-order valence-corrected chi connectivity index (χ0v) is 7.88. The molecule has 2 nitrogen and oxygen atoms in total. The number of anilines is 1. The lowest BCUT2D eigenvalue weighted by Crippen LogP contribution is -2.19. The Hall–Kier alpha value is -1.02. The van der Waals surface area contributed by atoms with Crippen LogP contribution in [0.3, 0.4) is 0 Å². The molecule has 0 aromatic heterocycles. The summed E-state index contributed by atoms with van der Waals surface area (Å²) in [5.74, 6) is 0. The molecule has 2 heteroatoms. The Balaban J connectivity index is 2.33. The van der Waals surface area contributed by atoms with E-state index >= 15 is 0 Å². The van der Waals surface area contributed by atoms with Gasteiger partial charge in [0, 0.05) is 5.69 Å². The van der Waals surface area contributed by atoms with Gasteiger partial charge in [-0.3, -0.25) is 0 Å². The van der Waals surface area contributed by atoms with E-state index in [1.54, 1.807) is 0 Å². The average molecular weight is 177 g/mol. The average Bonchev–Trinajstić information content (AvgIpc) is 2.59. The van der Waals surface area contributed by atoms with Gasteiger partial charge in [0.2, 0.25) is 0 Å². The van der Waals surface area contributed by atoms with E-state index in [1.807, 2.05) is 0 Å². The summed E-state index contributed by atoms with van der Waals surface area (Å²) in [6.45, 7) is 2.38. The van der Waals surface area contributed by atoms with Crippen LogP contribution in [0.25, 0.3) is 0 Å². The summed E-state index contributed by atoms with van der Waals surface area (Å²) >= 11 is 0. The van der Waals surface area contributed by atoms with Crippen LogP contribution in [-0.2, 0) is 12.8 Å². The van der Waals surface area contributed by atoms with Gasteiger partial charge in [0.05, 0.1) is 12.6 Å². The van der Waals surface area contributed by atoms with Crippen molar-refractivity contribution in [3.63, 3.8) is 0 Å². The molecule has 2 rings (SSSR count). The van der Waals surface area contributed by atoms with Gasteiger partial charge in [0.15, 0.2) is 0 Å². The molecule has 1 aromatic carbocycles. The Labute approximate surface area is 78.6 Å². The Kier molecular flexibility index (Phi) is 2.23. The minimum atomic E-state index is 0.220. The molecule has 0 amide bonds. The maximum absolute atomic E-state index is 9.04. The van der Waals surface area contributed by atoms with Crippen molar-refractivity contribution < 1.29 is 5.11 Å². The highest BCUT2D eigenvalue weighted by Gasteiger charge is 2.20. The molecule has 2 N–H and O–H groups in total. The molecule has 0 spiro atoms. The van der Waals surface area contributed by atoms with E-state index in [0.29, 0.717) is 0 Å². The van der Waals surface area contributed by atoms with Crippen LogP contribution in [0.5, 0.6) is 0 Å². The lowest BCUT2D eigenvalue weighted by atomic mass is 10.1. The van der Waals surface area contributed by atoms with Crippen LogP contribution < -0.4 is 5.32 Å². The molecular weight excluding hydrogens is 162 g/mol. The molecule has 0 unspecified atom stereocenters. The Morgan fingerprint density at radius 1 is 1.54 bits per heavy atom. The largest absolute Gasteiger partial charge is 0.394 e. The molecular formula is C11H15NO. The minimum absolute atomic E-state index is 0.220. The van der Waals surface area contributed by atoms with Crippen LogP contribution >= 0.6 is 0 Å². The molecule has 0 fully saturated rings. The molecule has 0 saturated heterocycles. The van der Waals surface area contributed by atoms with Crippen LogP contribution in [0.2, 0.25) is 0 Å². The quantitative estimate of drug-likeness (QED) is 0.718. The van der Waals surface area contributed by atoms with Crippen LogP contribution in [-0.4, -0.2) is 17.8 Å². The lowest BCUT2D eigenvalue weighted by molar-refractivity contribution is 0.277. The number of aryl methyl sites for hydroxylation is 1. The van der Waals surface area contributed by atoms with E-state index in [0.717, 1.165) is 12.8 Å². The molecule has 70 valence electrons. The van der Waals surface area contributed by atoms with Crippen LogP contribution in [0.1, 0.15) is 18.1 Å². The first-order valence-electron chi connectivity index (χ1n) is 4.83. The predicted octanol–water partition coefficient (Wildman–Crippen LogP) is 1.58. The van der Waals surface area contributed by atoms with Gasteiger partial charge in [-0.05, 0) is 24.0 Å². The third kappa shape index (κ3) is 1.42. The normalized spacial score (nSPS) is 19.7. The first kappa shape index (κ1) is 8.57. The summed E-state index contributed by atoms with van der Waals surface area (Å²) in [7, 11) is 0. The Bertz CT molecular complexity index is 309. The number of fused-ring (bicyclic) bond motifs is 1. The van der Waals surface area contributed by atoms with Gasteiger partial charge in [-0.2, -0.15) is 0 Å². The summed E-state index contributed by atoms with van der Waals surface area (Å²) in [4.78, 5) is 0. The maximum atomic E-state index is 9.04. The molecule has 1 aliphatic rings. The number of aliphatic hydroxyl groups excluding tert-OH is 1. The van der Waals surface area contributed by atoms with Gasteiger partial charge in [-0.25, -0.2) is 0 Å². The van der Waals surface area contributed by atoms with E-state index in [-0.39, 0.29) is 12.6 Å². The zero-order valence-electron chi connectivity index (χ0n) is 7.88. The molecule has 1 aliphatic heterocycles. The second-order valence-electron chi connectivity index (χ2n) is 3.53. The fourth-order valence-electron chi connectivity index (χ4n) is 1.93. The van der Waals surface area contributed by atoms with E-state index in [2.05, 4.69) is 30.4 Å². The lowest BCUT2D eigenvalue weighted by Gasteiger charge is -2.08. The van der Waals surface area contributed by atoms with Crippen LogP contribution in [0, 0.1) is 0 Å². The van der Waals surface area contributed by atoms with Crippen molar-refractivity contribution in [3.05, 3.63) is 29.3 Å². The molecule has 0 bridgehead atoms. The summed E-state index contributed by atoms with van der Waals surface area (Å²) in [5.41, 5.74) is 3.95. The third-order valence-corrected chi connectivity index (χ3v) is 2.65. The number of rotatable bonds is 2. The standard InChI is InChI=1S/C11H15NO/c1-2-8-4-3-5-9-6-10(7-13)12-11(8)9/h3-5,10,12-13H,2,6-7H2,1H3/t10-/m0/s1. The molecule has 0 radical (unpaired) electrons. The minimum Gasteiger partial charge on any atom is -0.394 e. The number of hydrogen-bond acceptors (Lipinski definition) is 2. The van der Waals surface area contributed by atoms with Crippen molar-refractivity contribution in [1.29, 1.82) is 0 Å². The monoisotopic (exact) mass is 177 g/mol. The zero-order chi connectivity index (χ0) is 9.26. The van der Waals surface area contributed by atoms with Crippen molar-refractivity contribution >= 4 is 5.69 Å². The summed E-state index contributed by atoms with van der Waals surface area (Å²) in [6, 6.07) is 6.60. The molecule has 0 aliphatic carbocycles. The topological polar surface area (TPSA) is 32.3 Å². The molecule has 0 saturated carbocycles. The van der Waals surface area contributed by atoms with E-state index in [1.165, 1.54) is 16.8 Å². The van der Waals surface area contributed by atoms with Gasteiger partial charge in [-0.15, -0.1) is 0 Å². The second-order valence-corrected chi connectivity index (χ2v) is 3.53. The van der Waals surface area contributed by atoms with Crippen LogP contribution in [0.15, 0.2) is 18.2 Å². The van der Waals surface area contributed by atoms with Crippen molar-refractivity contribution in [2.24, 2.45) is 0 Å². The number of nitrogens with one attached hydrogen (secondary N) is 1. The number of para-hydroxylation sites is 1. The van der Waals surface area contributed by atoms with Crippen molar-refractivity contribution in [3.8, 4) is 0 Å². The highest BCUT2D eigenvalue weighted by molar-refractivity contribution is 5.62. The Morgan fingerprint density at radius 2 is 2.38 bits per heavy atom. The predicted molar refractivity (Wildman–Crippen MR) is 54.0 cm³/mol. The molecule has 1 atom stereocenters. The number of hydrogen-bond donors (Lipinski definition) is 2. The number of benzene rings is 1. The summed E-state index contributed by atoms with van der Waals surface area (Å²) in [5, 5.41) is 12.4.